The van der Waals surface area contributed by atoms with Gasteiger partial charge in [-0.05, 0) is 41.5 Å². The summed E-state index contributed by atoms with van der Waals surface area (Å²) in [6, 6.07) is -0.645. The van der Waals surface area contributed by atoms with E-state index in [-0.39, 0.29) is 6.42 Å². The summed E-state index contributed by atoms with van der Waals surface area (Å²) >= 11 is 0. The highest BCUT2D eigenvalue weighted by atomic mass is 32.2. The number of esters is 1. The van der Waals surface area contributed by atoms with E-state index in [2.05, 4.69) is 5.32 Å². The summed E-state index contributed by atoms with van der Waals surface area (Å²) in [5, 5.41) is 3.97. The van der Waals surface area contributed by atoms with Gasteiger partial charge >= 0.3 is 12.1 Å². The third-order valence-electron chi connectivity index (χ3n) is 2.01. The smallest absolute Gasteiger partial charge is 0.408 e. The summed E-state index contributed by atoms with van der Waals surface area (Å²) < 4.78 is 21.5. The molecule has 128 valence electrons. The zero-order valence-electron chi connectivity index (χ0n) is 14.4. The maximum atomic E-state index is 11.9. The molecule has 0 aromatic heterocycles. The fourth-order valence-electron chi connectivity index (χ4n) is 1.39. The van der Waals surface area contributed by atoms with Gasteiger partial charge in [-0.15, -0.1) is 0 Å². The summed E-state index contributed by atoms with van der Waals surface area (Å²) in [7, 11) is -1.18. The van der Waals surface area contributed by atoms with Gasteiger partial charge in [0.05, 0.1) is 12.5 Å². The van der Waals surface area contributed by atoms with Gasteiger partial charge in [0, 0.05) is 22.5 Å². The number of hydrogen-bond acceptors (Lipinski definition) is 5. The van der Waals surface area contributed by atoms with Crippen molar-refractivity contribution in [3.8, 4) is 0 Å². The Morgan fingerprint density at radius 2 is 1.59 bits per heavy atom. The first kappa shape index (κ1) is 20.6. The van der Waals surface area contributed by atoms with Crippen LogP contribution in [0.1, 0.15) is 48.0 Å². The van der Waals surface area contributed by atoms with Crippen LogP contribution in [0.5, 0.6) is 0 Å². The summed E-state index contributed by atoms with van der Waals surface area (Å²) in [5.41, 5.74) is -1.25. The normalized spacial score (nSPS) is 15.2. The molecule has 0 aromatic carbocycles. The molecule has 22 heavy (non-hydrogen) atoms. The monoisotopic (exact) mass is 333 g/mol. The third-order valence-corrected chi connectivity index (χ3v) is 2.55. The van der Waals surface area contributed by atoms with E-state index >= 15 is 0 Å². The molecule has 0 aliphatic rings. The SMILES string of the molecule is CS(=O)/C=C/C(CC(=O)OC(C)(C)C)NC(=O)OC(C)(C)C. The molecule has 7 heteroatoms. The van der Waals surface area contributed by atoms with E-state index in [0.717, 1.165) is 0 Å². The standard InChI is InChI=1S/C15H27NO5S/c1-14(2,3)20-12(17)10-11(8-9-22(7)19)16-13(18)21-15(4,5)6/h8-9,11H,10H2,1-7H3,(H,16,18)/b9-8+. The van der Waals surface area contributed by atoms with E-state index in [9.17, 15) is 13.8 Å². The van der Waals surface area contributed by atoms with E-state index < -0.39 is 40.1 Å². The first-order valence-electron chi connectivity index (χ1n) is 7.00. The van der Waals surface area contributed by atoms with E-state index in [0.29, 0.717) is 0 Å². The van der Waals surface area contributed by atoms with Crippen molar-refractivity contribution >= 4 is 22.9 Å². The minimum atomic E-state index is -1.18. The second-order valence-electron chi connectivity index (χ2n) is 6.87. The Bertz CT molecular complexity index is 416. The topological polar surface area (TPSA) is 81.7 Å². The number of nitrogens with one attached hydrogen (secondary N) is 1. The van der Waals surface area contributed by atoms with Crippen molar-refractivity contribution in [1.29, 1.82) is 0 Å². The lowest BCUT2D eigenvalue weighted by molar-refractivity contribution is -0.155. The average molecular weight is 333 g/mol. The second-order valence-corrected chi connectivity index (χ2v) is 8.14. The van der Waals surface area contributed by atoms with Crippen molar-refractivity contribution in [3.63, 3.8) is 0 Å². The van der Waals surface area contributed by atoms with Crippen LogP contribution in [0.3, 0.4) is 0 Å². The number of rotatable bonds is 5. The highest BCUT2D eigenvalue weighted by Crippen LogP contribution is 2.11. The first-order chi connectivity index (χ1) is 9.78. The molecule has 1 amide bonds. The molecule has 0 fully saturated rings. The largest absolute Gasteiger partial charge is 0.460 e. The van der Waals surface area contributed by atoms with E-state index in [1.165, 1.54) is 17.7 Å². The van der Waals surface area contributed by atoms with Crippen LogP contribution in [0.15, 0.2) is 11.5 Å². The number of alkyl carbamates (subject to hydrolysis) is 1. The average Bonchev–Trinajstić information content (AvgIpc) is 2.19. The Hall–Kier alpha value is -1.37. The van der Waals surface area contributed by atoms with Crippen LogP contribution in [0.4, 0.5) is 4.79 Å². The van der Waals surface area contributed by atoms with Gasteiger partial charge in [0.25, 0.3) is 0 Å². The Balaban J connectivity index is 4.80. The molecule has 2 unspecified atom stereocenters. The van der Waals surface area contributed by atoms with E-state index in [1.807, 2.05) is 0 Å². The van der Waals surface area contributed by atoms with Crippen molar-refractivity contribution in [2.45, 2.75) is 65.2 Å². The number of ether oxygens (including phenoxy) is 2. The fourth-order valence-corrected chi connectivity index (χ4v) is 1.81. The molecule has 0 aromatic rings. The summed E-state index contributed by atoms with van der Waals surface area (Å²) in [4.78, 5) is 23.6. The minimum Gasteiger partial charge on any atom is -0.460 e. The van der Waals surface area contributed by atoms with Gasteiger partial charge in [0.1, 0.15) is 11.2 Å². The van der Waals surface area contributed by atoms with Crippen molar-refractivity contribution in [2.24, 2.45) is 0 Å². The van der Waals surface area contributed by atoms with E-state index in [1.54, 1.807) is 41.5 Å². The summed E-state index contributed by atoms with van der Waals surface area (Å²) in [5.74, 6) is -0.458. The lowest BCUT2D eigenvalue weighted by Crippen LogP contribution is -2.40. The number of hydrogen-bond donors (Lipinski definition) is 1. The molecule has 0 aliphatic carbocycles. The van der Waals surface area contributed by atoms with Crippen molar-refractivity contribution in [1.82, 2.24) is 5.32 Å². The van der Waals surface area contributed by atoms with Gasteiger partial charge < -0.3 is 14.8 Å². The molecular formula is C15H27NO5S. The van der Waals surface area contributed by atoms with Gasteiger partial charge in [0.15, 0.2) is 0 Å². The number of carbonyl (C=O) groups excluding carboxylic acids is 2. The fraction of sp³-hybridized carbons (Fsp3) is 0.733. The molecule has 0 bridgehead atoms. The molecule has 1 N–H and O–H groups in total. The van der Waals surface area contributed by atoms with Crippen LogP contribution in [0, 0.1) is 0 Å². The molecule has 0 saturated heterocycles. The van der Waals surface area contributed by atoms with E-state index in [4.69, 9.17) is 9.47 Å². The third kappa shape index (κ3) is 12.4. The van der Waals surface area contributed by atoms with Crippen LogP contribution < -0.4 is 5.32 Å². The van der Waals surface area contributed by atoms with Gasteiger partial charge in [0.2, 0.25) is 0 Å². The van der Waals surface area contributed by atoms with Crippen molar-refractivity contribution in [2.75, 3.05) is 6.26 Å². The van der Waals surface area contributed by atoms with Gasteiger partial charge in [-0.1, -0.05) is 6.08 Å². The predicted octanol–water partition coefficient (Wildman–Crippen LogP) is 2.50. The molecule has 0 rings (SSSR count). The van der Waals surface area contributed by atoms with Crippen molar-refractivity contribution in [3.05, 3.63) is 11.5 Å². The number of amides is 1. The first-order valence-corrected chi connectivity index (χ1v) is 8.62. The van der Waals surface area contributed by atoms with Gasteiger partial charge in [-0.3, -0.25) is 9.00 Å². The molecule has 6 nitrogen and oxygen atoms in total. The second kappa shape index (κ2) is 8.31. The van der Waals surface area contributed by atoms with Gasteiger partial charge in [-0.25, -0.2) is 4.79 Å². The maximum Gasteiger partial charge on any atom is 0.408 e. The molecule has 0 radical (unpaired) electrons. The lowest BCUT2D eigenvalue weighted by atomic mass is 10.1. The molecule has 2 atom stereocenters. The summed E-state index contributed by atoms with van der Waals surface area (Å²) in [6.45, 7) is 10.5. The lowest BCUT2D eigenvalue weighted by Gasteiger charge is -2.23. The zero-order valence-corrected chi connectivity index (χ0v) is 15.2. The Kier molecular flexibility index (Phi) is 7.79. The predicted molar refractivity (Wildman–Crippen MR) is 86.8 cm³/mol. The molecule has 0 saturated carbocycles. The van der Waals surface area contributed by atoms with Crippen LogP contribution in [-0.4, -0.2) is 39.8 Å². The van der Waals surface area contributed by atoms with Gasteiger partial charge in [-0.2, -0.15) is 0 Å². The van der Waals surface area contributed by atoms with Crippen LogP contribution in [0.2, 0.25) is 0 Å². The minimum absolute atomic E-state index is 0.0653. The Morgan fingerprint density at radius 3 is 2.00 bits per heavy atom. The highest BCUT2D eigenvalue weighted by Gasteiger charge is 2.23. The molecule has 0 heterocycles. The molecule has 0 spiro atoms. The summed E-state index contributed by atoms with van der Waals surface area (Å²) in [6.07, 6.45) is 2.29. The Labute approximate surface area is 135 Å². The highest BCUT2D eigenvalue weighted by molar-refractivity contribution is 7.87. The van der Waals surface area contributed by atoms with Crippen LogP contribution in [0.25, 0.3) is 0 Å². The Morgan fingerprint density at radius 1 is 1.09 bits per heavy atom. The number of carbonyl (C=O) groups is 2. The van der Waals surface area contributed by atoms with Crippen molar-refractivity contribution < 1.29 is 23.3 Å². The maximum absolute atomic E-state index is 11.9. The van der Waals surface area contributed by atoms with Crippen LogP contribution in [-0.2, 0) is 25.1 Å². The van der Waals surface area contributed by atoms with Crippen LogP contribution >= 0.6 is 0 Å². The zero-order chi connectivity index (χ0) is 17.6. The molecule has 0 aliphatic heterocycles. The quantitative estimate of drug-likeness (QED) is 0.782. The molecular weight excluding hydrogens is 306 g/mol.